The first-order valence-corrected chi connectivity index (χ1v) is 12.2. The van der Waals surface area contributed by atoms with Gasteiger partial charge in [0, 0.05) is 44.0 Å². The van der Waals surface area contributed by atoms with Gasteiger partial charge in [-0.05, 0) is 23.1 Å². The molecule has 2 heterocycles. The number of carbonyl (C=O) groups excluding carboxylic acids is 1. The largest absolute Gasteiger partial charge is 0.511 e. The van der Waals surface area contributed by atoms with Gasteiger partial charge in [0.25, 0.3) is 0 Å². The zero-order chi connectivity index (χ0) is 22.6. The first kappa shape index (κ1) is 22.9. The van der Waals surface area contributed by atoms with Crippen LogP contribution < -0.4 is 5.32 Å². The predicted molar refractivity (Wildman–Crippen MR) is 129 cm³/mol. The van der Waals surface area contributed by atoms with Crippen molar-refractivity contribution in [2.45, 2.75) is 43.1 Å². The normalized spacial score (nSPS) is 22.3. The maximum absolute atomic E-state index is 13.2. The Balaban J connectivity index is 1.61. The first-order valence-electron chi connectivity index (χ1n) is 11.4. The summed E-state index contributed by atoms with van der Waals surface area (Å²) in [4.78, 5) is 16.9. The van der Waals surface area contributed by atoms with Gasteiger partial charge in [0.2, 0.25) is 0 Å². The lowest BCUT2D eigenvalue weighted by atomic mass is 9.84. The van der Waals surface area contributed by atoms with E-state index in [1.807, 2.05) is 48.5 Å². The van der Waals surface area contributed by atoms with E-state index in [1.54, 1.807) is 0 Å². The Bertz CT molecular complexity index is 970. The van der Waals surface area contributed by atoms with Crippen LogP contribution in [0.15, 0.2) is 70.2 Å². The molecule has 0 bridgehead atoms. The zero-order valence-electron chi connectivity index (χ0n) is 18.8. The second kappa shape index (κ2) is 10.1. The van der Waals surface area contributed by atoms with E-state index in [4.69, 9.17) is 4.74 Å². The minimum Gasteiger partial charge on any atom is -0.511 e. The third-order valence-corrected chi connectivity index (χ3v) is 7.48. The topological polar surface area (TPSA) is 61.8 Å². The van der Waals surface area contributed by atoms with Crippen molar-refractivity contribution in [3.63, 3.8) is 0 Å². The number of hydrogen-bond donors (Lipinski definition) is 2. The number of piperazine rings is 1. The van der Waals surface area contributed by atoms with Crippen molar-refractivity contribution >= 4 is 17.7 Å². The van der Waals surface area contributed by atoms with Crippen molar-refractivity contribution in [1.29, 1.82) is 0 Å². The van der Waals surface area contributed by atoms with Crippen molar-refractivity contribution in [2.75, 3.05) is 32.7 Å². The highest BCUT2D eigenvalue weighted by Gasteiger charge is 2.44. The highest BCUT2D eigenvalue weighted by molar-refractivity contribution is 8.04. The van der Waals surface area contributed by atoms with E-state index in [-0.39, 0.29) is 5.76 Å². The van der Waals surface area contributed by atoms with E-state index >= 15 is 0 Å². The summed E-state index contributed by atoms with van der Waals surface area (Å²) >= 11 is 1.31. The van der Waals surface area contributed by atoms with Gasteiger partial charge < -0.3 is 20.1 Å². The van der Waals surface area contributed by atoms with Gasteiger partial charge in [-0.2, -0.15) is 0 Å². The molecule has 0 saturated carbocycles. The standard InChI is InChI=1S/C26H32N2O3S/c1-19(2)21-10-6-7-11-23(21)32-24-22(29)18-26(31-25(24)30,20-8-4-3-5-9-20)12-15-28-16-13-27-14-17-28/h3-11,19,27,29H,12-18H2,1-2H3. The summed E-state index contributed by atoms with van der Waals surface area (Å²) in [6.45, 7) is 8.97. The molecule has 2 aromatic rings. The molecule has 2 aliphatic heterocycles. The molecule has 0 spiro atoms. The van der Waals surface area contributed by atoms with E-state index in [0.717, 1.165) is 48.7 Å². The van der Waals surface area contributed by atoms with Gasteiger partial charge in [-0.25, -0.2) is 4.79 Å². The Labute approximate surface area is 194 Å². The molecule has 5 nitrogen and oxygen atoms in total. The summed E-state index contributed by atoms with van der Waals surface area (Å²) in [7, 11) is 0. The fourth-order valence-corrected chi connectivity index (χ4v) is 5.55. The smallest absolute Gasteiger partial charge is 0.349 e. The maximum Gasteiger partial charge on any atom is 0.349 e. The summed E-state index contributed by atoms with van der Waals surface area (Å²) in [5.41, 5.74) is 1.24. The number of carbonyl (C=O) groups is 1. The maximum atomic E-state index is 13.2. The summed E-state index contributed by atoms with van der Waals surface area (Å²) in [5.74, 6) is -0.000980. The van der Waals surface area contributed by atoms with Crippen LogP contribution in [0.3, 0.4) is 0 Å². The SMILES string of the molecule is CC(C)c1ccccc1SC1=C(O)CC(CCN2CCNCC2)(c2ccccc2)OC1=O. The lowest BCUT2D eigenvalue weighted by Crippen LogP contribution is -2.46. The Morgan fingerprint density at radius 1 is 1.09 bits per heavy atom. The van der Waals surface area contributed by atoms with Crippen LogP contribution in [0, 0.1) is 0 Å². The number of nitrogens with zero attached hydrogens (tertiary/aromatic N) is 1. The van der Waals surface area contributed by atoms with Crippen LogP contribution in [0.4, 0.5) is 0 Å². The summed E-state index contributed by atoms with van der Waals surface area (Å²) in [5, 5.41) is 14.5. The minimum absolute atomic E-state index is 0.119. The fourth-order valence-electron chi connectivity index (χ4n) is 4.45. The van der Waals surface area contributed by atoms with Gasteiger partial charge in [0.15, 0.2) is 0 Å². The summed E-state index contributed by atoms with van der Waals surface area (Å²) < 4.78 is 6.19. The Kier molecular flexibility index (Phi) is 7.23. The molecule has 2 aromatic carbocycles. The number of ether oxygens (including phenoxy) is 1. The molecule has 0 radical (unpaired) electrons. The molecule has 2 N–H and O–H groups in total. The molecule has 1 unspecified atom stereocenters. The number of esters is 1. The number of aliphatic hydroxyl groups excluding tert-OH is 1. The Morgan fingerprint density at radius 2 is 1.78 bits per heavy atom. The summed E-state index contributed by atoms with van der Waals surface area (Å²) in [6.07, 6.45) is 0.939. The van der Waals surface area contributed by atoms with Crippen LogP contribution in [0.2, 0.25) is 0 Å². The molecule has 0 amide bonds. The van der Waals surface area contributed by atoms with Crippen LogP contribution in [0.1, 0.15) is 43.7 Å². The van der Waals surface area contributed by atoms with Gasteiger partial charge in [-0.15, -0.1) is 0 Å². The average Bonchev–Trinajstić information content (AvgIpc) is 2.81. The van der Waals surface area contributed by atoms with Gasteiger partial charge >= 0.3 is 5.97 Å². The van der Waals surface area contributed by atoms with Gasteiger partial charge in [-0.1, -0.05) is 74.1 Å². The van der Waals surface area contributed by atoms with Crippen LogP contribution >= 0.6 is 11.8 Å². The molecular formula is C26H32N2O3S. The molecule has 1 saturated heterocycles. The first-order chi connectivity index (χ1) is 15.5. The molecule has 6 heteroatoms. The van der Waals surface area contributed by atoms with Gasteiger partial charge in [0.1, 0.15) is 16.3 Å². The molecule has 0 aliphatic carbocycles. The zero-order valence-corrected chi connectivity index (χ0v) is 19.7. The average molecular weight is 453 g/mol. The number of thioether (sulfide) groups is 1. The molecule has 2 aliphatic rings. The third kappa shape index (κ3) is 5.03. The minimum atomic E-state index is -0.852. The second-order valence-electron chi connectivity index (χ2n) is 8.84. The lowest BCUT2D eigenvalue weighted by molar-refractivity contribution is -0.160. The van der Waals surface area contributed by atoms with Crippen LogP contribution in [-0.2, 0) is 15.1 Å². The van der Waals surface area contributed by atoms with Crippen LogP contribution in [0.5, 0.6) is 0 Å². The number of nitrogens with one attached hydrogen (secondary N) is 1. The third-order valence-electron chi connectivity index (χ3n) is 6.28. The highest BCUT2D eigenvalue weighted by Crippen LogP contribution is 2.45. The monoisotopic (exact) mass is 452 g/mol. The molecule has 32 heavy (non-hydrogen) atoms. The number of hydrogen-bond acceptors (Lipinski definition) is 6. The van der Waals surface area contributed by atoms with E-state index in [9.17, 15) is 9.90 Å². The quantitative estimate of drug-likeness (QED) is 0.588. The molecule has 1 atom stereocenters. The fraction of sp³-hybridized carbons (Fsp3) is 0.423. The number of rotatable bonds is 7. The Hall–Kier alpha value is -2.28. The molecular weight excluding hydrogens is 420 g/mol. The van der Waals surface area contributed by atoms with Crippen molar-refractivity contribution in [1.82, 2.24) is 10.2 Å². The van der Waals surface area contributed by atoms with Crippen molar-refractivity contribution in [3.05, 3.63) is 76.4 Å². The van der Waals surface area contributed by atoms with Gasteiger partial charge in [-0.3, -0.25) is 0 Å². The summed E-state index contributed by atoms with van der Waals surface area (Å²) in [6, 6.07) is 17.9. The molecule has 170 valence electrons. The van der Waals surface area contributed by atoms with E-state index in [0.29, 0.717) is 23.7 Å². The number of cyclic esters (lactones) is 1. The Morgan fingerprint density at radius 3 is 2.47 bits per heavy atom. The lowest BCUT2D eigenvalue weighted by Gasteiger charge is -2.39. The van der Waals surface area contributed by atoms with Crippen LogP contribution in [0.25, 0.3) is 0 Å². The van der Waals surface area contributed by atoms with E-state index in [1.165, 1.54) is 11.8 Å². The van der Waals surface area contributed by atoms with E-state index < -0.39 is 11.6 Å². The predicted octanol–water partition coefficient (Wildman–Crippen LogP) is 4.81. The van der Waals surface area contributed by atoms with Crippen molar-refractivity contribution in [2.24, 2.45) is 0 Å². The number of benzene rings is 2. The van der Waals surface area contributed by atoms with E-state index in [2.05, 4.69) is 30.1 Å². The molecule has 1 fully saturated rings. The van der Waals surface area contributed by atoms with Crippen molar-refractivity contribution in [3.8, 4) is 0 Å². The molecule has 0 aromatic heterocycles. The van der Waals surface area contributed by atoms with Crippen molar-refractivity contribution < 1.29 is 14.6 Å². The van der Waals surface area contributed by atoms with Crippen LogP contribution in [-0.4, -0.2) is 48.7 Å². The number of aliphatic hydroxyl groups is 1. The van der Waals surface area contributed by atoms with Gasteiger partial charge in [0.05, 0.1) is 6.42 Å². The highest BCUT2D eigenvalue weighted by atomic mass is 32.2. The second-order valence-corrected chi connectivity index (χ2v) is 9.89. The molecule has 4 rings (SSSR count).